The molecule has 0 bridgehead atoms. The highest BCUT2D eigenvalue weighted by Crippen LogP contribution is 2.32. The molecule has 0 aromatic heterocycles. The molecule has 1 aliphatic carbocycles. The van der Waals surface area contributed by atoms with Gasteiger partial charge in [0, 0.05) is 6.42 Å². The summed E-state index contributed by atoms with van der Waals surface area (Å²) in [5, 5.41) is 2.99. The third kappa shape index (κ3) is 5.10. The number of benzene rings is 1. The highest BCUT2D eigenvalue weighted by molar-refractivity contribution is 5.85. The fourth-order valence-electron chi connectivity index (χ4n) is 2.65. The van der Waals surface area contributed by atoms with E-state index in [1.165, 1.54) is 6.07 Å². The lowest BCUT2D eigenvalue weighted by molar-refractivity contribution is -0.122. The molecule has 1 aromatic rings. The van der Waals surface area contributed by atoms with Crippen molar-refractivity contribution in [3.63, 3.8) is 0 Å². The number of nitrogens with two attached hydrogens (primary N) is 1. The zero-order valence-electron chi connectivity index (χ0n) is 12.2. The number of ether oxygens (including phenoxy) is 1. The largest absolute Gasteiger partial charge is 0.435 e. The summed E-state index contributed by atoms with van der Waals surface area (Å²) in [7, 11) is 0. The van der Waals surface area contributed by atoms with Crippen LogP contribution in [0.15, 0.2) is 18.2 Å². The van der Waals surface area contributed by atoms with E-state index in [9.17, 15) is 13.6 Å². The first-order valence-electron chi connectivity index (χ1n) is 7.17. The topological polar surface area (TPSA) is 64.4 Å². The minimum atomic E-state index is -2.82. The van der Waals surface area contributed by atoms with E-state index in [2.05, 4.69) is 10.1 Å². The van der Waals surface area contributed by atoms with E-state index in [1.54, 1.807) is 12.1 Å². The van der Waals surface area contributed by atoms with E-state index in [1.807, 2.05) is 0 Å². The Balaban J connectivity index is 0.00000242. The molecule has 0 aliphatic heterocycles. The van der Waals surface area contributed by atoms with Gasteiger partial charge in [-0.3, -0.25) is 4.79 Å². The van der Waals surface area contributed by atoms with E-state index in [0.717, 1.165) is 30.4 Å². The standard InChI is InChI=1S/C15H20F2N2O2.ClH/c16-15(17)21-11-6-7-12-10(9-11)3-1-4-13(12)19-14(20)5-2-8-18;/h6-7,9,13,15H,1-5,8,18H2,(H,19,20);1H. The Morgan fingerprint density at radius 3 is 2.91 bits per heavy atom. The van der Waals surface area contributed by atoms with Crippen LogP contribution in [0.5, 0.6) is 5.75 Å². The van der Waals surface area contributed by atoms with Gasteiger partial charge >= 0.3 is 6.61 Å². The third-order valence-electron chi connectivity index (χ3n) is 3.60. The molecule has 1 amide bonds. The average molecular weight is 335 g/mol. The molecule has 0 saturated heterocycles. The number of nitrogens with one attached hydrogen (secondary N) is 1. The fraction of sp³-hybridized carbons (Fsp3) is 0.533. The molecule has 1 aromatic carbocycles. The Morgan fingerprint density at radius 2 is 2.23 bits per heavy atom. The molecule has 1 unspecified atom stereocenters. The smallest absolute Gasteiger partial charge is 0.387 e. The maximum atomic E-state index is 12.2. The number of hydrogen-bond donors (Lipinski definition) is 2. The van der Waals surface area contributed by atoms with Crippen molar-refractivity contribution in [3.05, 3.63) is 29.3 Å². The summed E-state index contributed by atoms with van der Waals surface area (Å²) in [5.41, 5.74) is 7.34. The van der Waals surface area contributed by atoms with Crippen LogP contribution in [0.3, 0.4) is 0 Å². The lowest BCUT2D eigenvalue weighted by atomic mass is 9.87. The second-order valence-corrected chi connectivity index (χ2v) is 5.14. The molecule has 124 valence electrons. The number of carbonyl (C=O) groups is 1. The highest BCUT2D eigenvalue weighted by atomic mass is 35.5. The number of fused-ring (bicyclic) bond motifs is 1. The summed E-state index contributed by atoms with van der Waals surface area (Å²) in [6.07, 6.45) is 3.65. The van der Waals surface area contributed by atoms with Crippen molar-refractivity contribution in [2.24, 2.45) is 5.73 Å². The van der Waals surface area contributed by atoms with Crippen LogP contribution < -0.4 is 15.8 Å². The summed E-state index contributed by atoms with van der Waals surface area (Å²) in [4.78, 5) is 11.8. The zero-order valence-corrected chi connectivity index (χ0v) is 13.0. The van der Waals surface area contributed by atoms with Crippen molar-refractivity contribution in [2.45, 2.75) is 44.8 Å². The van der Waals surface area contributed by atoms with Gasteiger partial charge < -0.3 is 15.8 Å². The molecule has 22 heavy (non-hydrogen) atoms. The molecular weight excluding hydrogens is 314 g/mol. The molecule has 1 atom stereocenters. The molecule has 0 heterocycles. The number of halogens is 3. The second-order valence-electron chi connectivity index (χ2n) is 5.14. The van der Waals surface area contributed by atoms with Gasteiger partial charge in [-0.05, 0) is 55.5 Å². The minimum absolute atomic E-state index is 0. The summed E-state index contributed by atoms with van der Waals surface area (Å²) in [6, 6.07) is 4.87. The molecule has 1 aliphatic rings. The molecule has 4 nitrogen and oxygen atoms in total. The van der Waals surface area contributed by atoms with Gasteiger partial charge in [0.1, 0.15) is 5.75 Å². The van der Waals surface area contributed by atoms with Crippen molar-refractivity contribution in [1.82, 2.24) is 5.32 Å². The fourth-order valence-corrected chi connectivity index (χ4v) is 2.65. The van der Waals surface area contributed by atoms with Gasteiger partial charge in [0.05, 0.1) is 6.04 Å². The van der Waals surface area contributed by atoms with Crippen molar-refractivity contribution in [1.29, 1.82) is 0 Å². The van der Waals surface area contributed by atoms with Gasteiger partial charge in [0.15, 0.2) is 0 Å². The van der Waals surface area contributed by atoms with Gasteiger partial charge in [-0.1, -0.05) is 6.07 Å². The van der Waals surface area contributed by atoms with E-state index in [-0.39, 0.29) is 30.1 Å². The Bertz CT molecular complexity index is 500. The van der Waals surface area contributed by atoms with Gasteiger partial charge in [-0.15, -0.1) is 12.4 Å². The Labute approximate surface area is 134 Å². The van der Waals surface area contributed by atoms with Crippen LogP contribution in [0.2, 0.25) is 0 Å². The van der Waals surface area contributed by atoms with E-state index < -0.39 is 6.61 Å². The molecule has 0 spiro atoms. The molecule has 3 N–H and O–H groups in total. The number of aryl methyl sites for hydroxylation is 1. The molecule has 0 saturated carbocycles. The zero-order chi connectivity index (χ0) is 15.2. The average Bonchev–Trinajstić information content (AvgIpc) is 2.44. The summed E-state index contributed by atoms with van der Waals surface area (Å²) in [6.45, 7) is -2.33. The maximum absolute atomic E-state index is 12.2. The van der Waals surface area contributed by atoms with Gasteiger partial charge in [-0.25, -0.2) is 0 Å². The number of alkyl halides is 2. The van der Waals surface area contributed by atoms with Gasteiger partial charge in [-0.2, -0.15) is 8.78 Å². The first-order chi connectivity index (χ1) is 10.1. The molecular formula is C15H21ClF2N2O2. The summed E-state index contributed by atoms with van der Waals surface area (Å²) in [5.74, 6) is 0.144. The quantitative estimate of drug-likeness (QED) is 0.840. The Hall–Kier alpha value is -1.40. The highest BCUT2D eigenvalue weighted by Gasteiger charge is 2.22. The van der Waals surface area contributed by atoms with Crippen molar-refractivity contribution in [2.75, 3.05) is 6.54 Å². The van der Waals surface area contributed by atoms with Crippen molar-refractivity contribution < 1.29 is 18.3 Å². The van der Waals surface area contributed by atoms with Crippen LogP contribution in [0.4, 0.5) is 8.78 Å². The Kier molecular flexibility index (Phi) is 7.55. The van der Waals surface area contributed by atoms with Crippen LogP contribution in [0.1, 0.15) is 42.9 Å². The first-order valence-corrected chi connectivity index (χ1v) is 7.17. The predicted octanol–water partition coefficient (Wildman–Crippen LogP) is 2.94. The van der Waals surface area contributed by atoms with E-state index >= 15 is 0 Å². The van der Waals surface area contributed by atoms with E-state index in [4.69, 9.17) is 5.73 Å². The van der Waals surface area contributed by atoms with E-state index in [0.29, 0.717) is 19.4 Å². The van der Waals surface area contributed by atoms with Gasteiger partial charge in [0.2, 0.25) is 5.91 Å². The third-order valence-corrected chi connectivity index (χ3v) is 3.60. The number of amides is 1. The molecule has 0 fully saturated rings. The lowest BCUT2D eigenvalue weighted by Crippen LogP contribution is -2.31. The lowest BCUT2D eigenvalue weighted by Gasteiger charge is -2.27. The van der Waals surface area contributed by atoms with Crippen molar-refractivity contribution in [3.8, 4) is 5.75 Å². The molecule has 0 radical (unpaired) electrons. The summed E-state index contributed by atoms with van der Waals surface area (Å²) >= 11 is 0. The maximum Gasteiger partial charge on any atom is 0.387 e. The molecule has 7 heteroatoms. The first kappa shape index (κ1) is 18.6. The van der Waals surface area contributed by atoms with Crippen LogP contribution in [-0.4, -0.2) is 19.1 Å². The summed E-state index contributed by atoms with van der Waals surface area (Å²) < 4.78 is 28.9. The van der Waals surface area contributed by atoms with Crippen LogP contribution in [0, 0.1) is 0 Å². The van der Waals surface area contributed by atoms with Crippen LogP contribution >= 0.6 is 12.4 Å². The monoisotopic (exact) mass is 334 g/mol. The normalized spacial score (nSPS) is 16.6. The molecule has 2 rings (SSSR count). The Morgan fingerprint density at radius 1 is 1.45 bits per heavy atom. The predicted molar refractivity (Wildman–Crippen MR) is 82.4 cm³/mol. The second kappa shape index (κ2) is 8.90. The van der Waals surface area contributed by atoms with Crippen LogP contribution in [-0.2, 0) is 11.2 Å². The SMILES string of the molecule is Cl.NCCCC(=O)NC1CCCc2cc(OC(F)F)ccc21. The number of hydrogen-bond acceptors (Lipinski definition) is 3. The van der Waals surface area contributed by atoms with Crippen molar-refractivity contribution >= 4 is 18.3 Å². The van der Waals surface area contributed by atoms with Gasteiger partial charge in [0.25, 0.3) is 0 Å². The van der Waals surface area contributed by atoms with Crippen LogP contribution in [0.25, 0.3) is 0 Å². The minimum Gasteiger partial charge on any atom is -0.435 e. The number of rotatable bonds is 6. The number of carbonyl (C=O) groups excluding carboxylic acids is 1.